The number of nitrogens with one attached hydrogen (secondary N) is 2. The van der Waals surface area contributed by atoms with Gasteiger partial charge in [-0.2, -0.15) is 12.6 Å². The van der Waals surface area contributed by atoms with E-state index in [0.29, 0.717) is 25.9 Å². The van der Waals surface area contributed by atoms with E-state index >= 15 is 0 Å². The molecule has 1 unspecified atom stereocenters. The molecule has 2 aliphatic heterocycles. The van der Waals surface area contributed by atoms with Crippen LogP contribution in [-0.2, 0) is 71.5 Å². The fourth-order valence-electron chi connectivity index (χ4n) is 5.98. The van der Waals surface area contributed by atoms with E-state index in [2.05, 4.69) is 57.8 Å². The van der Waals surface area contributed by atoms with Gasteiger partial charge >= 0.3 is 0 Å². The van der Waals surface area contributed by atoms with Gasteiger partial charge < -0.3 is 10.6 Å². The van der Waals surface area contributed by atoms with Crippen molar-refractivity contribution in [1.29, 1.82) is 0 Å². The fraction of sp³-hybridized carbons (Fsp3) is 0.304. The van der Waals surface area contributed by atoms with Gasteiger partial charge in [0.2, 0.25) is 23.6 Å². The molecule has 6 amide bonds. The van der Waals surface area contributed by atoms with Gasteiger partial charge in [0.05, 0.1) is 5.25 Å². The first kappa shape index (κ1) is 50.6. The van der Waals surface area contributed by atoms with Gasteiger partial charge in [-0.1, -0.05) is 110 Å². The number of rotatable bonds is 18. The second-order valence-corrected chi connectivity index (χ2v) is 17.0. The van der Waals surface area contributed by atoms with Gasteiger partial charge in [0.1, 0.15) is 0 Å². The molecule has 4 aromatic rings. The number of benzene rings is 4. The number of carbonyl (C=O) groups excluding carboxylic acids is 6. The quantitative estimate of drug-likeness (QED) is 0.0511. The fourth-order valence-corrected chi connectivity index (χ4v) is 7.31. The Kier molecular flexibility index (Phi) is 25.1. The summed E-state index contributed by atoms with van der Waals surface area (Å²) in [5, 5.41) is 5.40. The molecule has 15 heteroatoms. The molecule has 0 aromatic heterocycles. The molecule has 2 N–H and O–H groups in total. The molecule has 0 bridgehead atoms. The predicted octanol–water partition coefficient (Wildman–Crippen LogP) is 8.47. The predicted molar refractivity (Wildman–Crippen MR) is 257 cm³/mol. The van der Waals surface area contributed by atoms with E-state index in [-0.39, 0.29) is 47.1 Å². The van der Waals surface area contributed by atoms with Gasteiger partial charge in [0.15, 0.2) is 0 Å². The summed E-state index contributed by atoms with van der Waals surface area (Å²) in [7, 11) is 0.917. The molecule has 2 heterocycles. The van der Waals surface area contributed by atoms with Crippen molar-refractivity contribution in [3.63, 3.8) is 0 Å². The third kappa shape index (κ3) is 20.5. The van der Waals surface area contributed by atoms with Crippen LogP contribution in [0.5, 0.6) is 0 Å². The van der Waals surface area contributed by atoms with Crippen LogP contribution in [0, 0.1) is 0 Å². The number of likely N-dealkylation sites (tertiary alicyclic amines) is 1. The zero-order chi connectivity index (χ0) is 44.1. The molecule has 1 fully saturated rings. The Balaban J connectivity index is 0.000000268. The molecule has 0 saturated carbocycles. The number of nitrogens with zero attached hydrogens (tertiary/aromatic N) is 2. The third-order valence-electron chi connectivity index (χ3n) is 9.11. The van der Waals surface area contributed by atoms with Gasteiger partial charge in [-0.15, -0.1) is 11.8 Å². The van der Waals surface area contributed by atoms with Crippen LogP contribution in [0.1, 0.15) is 68.9 Å². The first-order chi connectivity index (χ1) is 29.6. The van der Waals surface area contributed by atoms with Crippen LogP contribution in [0.25, 0.3) is 0 Å². The van der Waals surface area contributed by atoms with Crippen LogP contribution >= 0.6 is 24.4 Å². The molecule has 2 aliphatic rings. The highest BCUT2D eigenvalue weighted by Crippen LogP contribution is 2.28. The zero-order valence-corrected chi connectivity index (χ0v) is 38.1. The topological polar surface area (TPSA) is 133 Å². The lowest BCUT2D eigenvalue weighted by molar-refractivity contribution is -0.139. The molecule has 0 aliphatic carbocycles. The third-order valence-corrected chi connectivity index (χ3v) is 10.7. The summed E-state index contributed by atoms with van der Waals surface area (Å²) in [6, 6.07) is 38.8. The van der Waals surface area contributed by atoms with Crippen LogP contribution in [0.3, 0.4) is 0 Å². The number of unbranched alkanes of at least 4 members (excludes halogenated alkanes) is 4. The molecule has 0 radical (unpaired) electrons. The molecular formula is C46H52N4O6S5. The van der Waals surface area contributed by atoms with Gasteiger partial charge in [-0.3, -0.25) is 38.6 Å². The van der Waals surface area contributed by atoms with Crippen LogP contribution in [0.4, 0.5) is 11.4 Å². The molecular weight excluding hydrogens is 865 g/mol. The van der Waals surface area contributed by atoms with E-state index in [9.17, 15) is 28.8 Å². The summed E-state index contributed by atoms with van der Waals surface area (Å²) < 4.78 is 0. The Morgan fingerprint density at radius 1 is 0.590 bits per heavy atom. The van der Waals surface area contributed by atoms with Crippen molar-refractivity contribution in [1.82, 2.24) is 9.80 Å². The summed E-state index contributed by atoms with van der Waals surface area (Å²) in [6.45, 7) is 0.866. The van der Waals surface area contributed by atoms with Gasteiger partial charge in [0.25, 0.3) is 11.8 Å². The second-order valence-electron chi connectivity index (χ2n) is 13.7. The van der Waals surface area contributed by atoms with E-state index in [1.54, 1.807) is 0 Å². The van der Waals surface area contributed by atoms with Crippen molar-refractivity contribution >= 4 is 102 Å². The molecule has 61 heavy (non-hydrogen) atoms. The number of hydrogen-bond acceptors (Lipinski definition) is 10. The lowest BCUT2D eigenvalue weighted by Crippen LogP contribution is -2.32. The number of imide groups is 2. The number of carbonyl (C=O) groups is 6. The average Bonchev–Trinajstić information content (AvgIpc) is 3.75. The van der Waals surface area contributed by atoms with E-state index in [1.165, 1.54) is 39.3 Å². The maximum atomic E-state index is 12.5. The summed E-state index contributed by atoms with van der Waals surface area (Å²) in [6.07, 6.45) is 8.27. The monoisotopic (exact) mass is 916 g/mol. The van der Waals surface area contributed by atoms with Crippen LogP contribution < -0.4 is 10.6 Å². The first-order valence-corrected chi connectivity index (χ1v) is 24.3. The Morgan fingerprint density at radius 2 is 1.00 bits per heavy atom. The van der Waals surface area contributed by atoms with Gasteiger partial charge in [-0.25, -0.2) is 0 Å². The largest absolute Gasteiger partial charge is 0.326 e. The Labute approximate surface area is 381 Å². The summed E-state index contributed by atoms with van der Waals surface area (Å²) in [4.78, 5) is 73.6. The second kappa shape index (κ2) is 30.3. The molecule has 6 rings (SSSR count). The average molecular weight is 917 g/mol. The molecule has 1 saturated heterocycles. The zero-order valence-electron chi connectivity index (χ0n) is 33.9. The standard InChI is InChI=1S/C23H26N2O3S.C16H18N2O3.C7H8S.S3/c26-21(24-19-12-6-2-7-13-19)14-8-3-9-15-25-22(27)16-20(23(25)28)29-17-18-10-4-1-5-11-18;19-14(17-13-7-3-1-4-8-13)9-5-2-6-12-18-15(20)10-11-16(18)21;8-6-7-4-2-1-3-5-7;1-3-2/h1-2,4-7,10-13,20H,3,8-9,14-17H2,(H,24,26);1,3-4,7-8,10-11H,2,5-6,9,12H2,(H,17,19);1-5,8H,6H2;. The summed E-state index contributed by atoms with van der Waals surface area (Å²) in [5.74, 6) is 0.886. The highest BCUT2D eigenvalue weighted by Gasteiger charge is 2.38. The number of thioether (sulfide) groups is 1. The van der Waals surface area contributed by atoms with E-state index in [1.807, 2.05) is 109 Å². The number of amides is 6. The number of anilines is 2. The SMILES string of the molecule is O=C(CCCCCN1C(=O)C=CC1=O)Nc1ccccc1.O=C(CCCCCN1C(=O)CC(SCc2ccccc2)C1=O)Nc1ccccc1.S=S=S.SCc1ccccc1. The van der Waals surface area contributed by atoms with Crippen LogP contribution in [-0.4, -0.2) is 63.6 Å². The van der Waals surface area contributed by atoms with Crippen molar-refractivity contribution in [2.75, 3.05) is 23.7 Å². The van der Waals surface area contributed by atoms with E-state index in [0.717, 1.165) is 75.8 Å². The van der Waals surface area contributed by atoms with Crippen LogP contribution in [0.2, 0.25) is 0 Å². The normalized spacial score (nSPS) is 13.9. The van der Waals surface area contributed by atoms with E-state index in [4.69, 9.17) is 0 Å². The molecule has 10 nitrogen and oxygen atoms in total. The van der Waals surface area contributed by atoms with Crippen molar-refractivity contribution in [2.24, 2.45) is 0 Å². The van der Waals surface area contributed by atoms with Crippen LogP contribution in [0.15, 0.2) is 133 Å². The molecule has 4 aromatic carbocycles. The lowest BCUT2D eigenvalue weighted by Gasteiger charge is -2.14. The lowest BCUT2D eigenvalue weighted by atomic mass is 10.1. The maximum absolute atomic E-state index is 12.5. The smallest absolute Gasteiger partial charge is 0.253 e. The number of para-hydroxylation sites is 2. The highest BCUT2D eigenvalue weighted by atomic mass is 33.1. The number of thiol groups is 1. The van der Waals surface area contributed by atoms with Crippen molar-refractivity contribution in [3.8, 4) is 0 Å². The van der Waals surface area contributed by atoms with Gasteiger partial charge in [0, 0.05) is 98.6 Å². The summed E-state index contributed by atoms with van der Waals surface area (Å²) >= 11 is 13.9. The molecule has 0 spiro atoms. The summed E-state index contributed by atoms with van der Waals surface area (Å²) in [5.41, 5.74) is 4.02. The Bertz CT molecular complexity index is 2020. The number of hydrogen-bond donors (Lipinski definition) is 3. The maximum Gasteiger partial charge on any atom is 0.253 e. The van der Waals surface area contributed by atoms with Crippen molar-refractivity contribution < 1.29 is 28.8 Å². The van der Waals surface area contributed by atoms with Crippen molar-refractivity contribution in [2.45, 2.75) is 74.5 Å². The Hall–Kier alpha value is -4.80. The molecule has 1 atom stereocenters. The minimum atomic E-state index is -0.278. The van der Waals surface area contributed by atoms with Crippen molar-refractivity contribution in [3.05, 3.63) is 145 Å². The molecule has 322 valence electrons. The minimum absolute atomic E-state index is 0.0121. The Morgan fingerprint density at radius 3 is 1.43 bits per heavy atom. The van der Waals surface area contributed by atoms with E-state index < -0.39 is 0 Å². The highest BCUT2D eigenvalue weighted by molar-refractivity contribution is 8.37. The minimum Gasteiger partial charge on any atom is -0.326 e. The van der Waals surface area contributed by atoms with Gasteiger partial charge in [-0.05, 0) is 61.1 Å². The first-order valence-electron chi connectivity index (χ1n) is 19.9.